The fraction of sp³-hybridized carbons (Fsp3) is 0.429. The van der Waals surface area contributed by atoms with Crippen LogP contribution in [-0.4, -0.2) is 77.0 Å². The van der Waals surface area contributed by atoms with Crippen molar-refractivity contribution in [2.45, 2.75) is 13.8 Å². The highest BCUT2D eigenvalue weighted by atomic mass is 32.2. The van der Waals surface area contributed by atoms with Crippen molar-refractivity contribution in [2.24, 2.45) is 0 Å². The molecule has 0 spiro atoms. The molecule has 166 valence electrons. The molecule has 0 atom stereocenters. The molecule has 1 fully saturated rings. The summed E-state index contributed by atoms with van der Waals surface area (Å²) in [5.41, 5.74) is 1.88. The molecular weight excluding hydrogens is 436 g/mol. The highest BCUT2D eigenvalue weighted by Gasteiger charge is 2.24. The van der Waals surface area contributed by atoms with Gasteiger partial charge >= 0.3 is 6.09 Å². The number of anilines is 1. The third-order valence-corrected chi connectivity index (χ3v) is 6.51. The minimum absolute atomic E-state index is 0.0298. The van der Waals surface area contributed by atoms with Crippen LogP contribution in [0.5, 0.6) is 0 Å². The molecule has 1 saturated heterocycles. The van der Waals surface area contributed by atoms with Crippen molar-refractivity contribution >= 4 is 46.1 Å². The average molecular weight is 463 g/mol. The van der Waals surface area contributed by atoms with Crippen LogP contribution < -0.4 is 5.32 Å². The van der Waals surface area contributed by atoms with Crippen molar-refractivity contribution in [3.8, 4) is 11.3 Å². The van der Waals surface area contributed by atoms with Crippen molar-refractivity contribution in [3.05, 3.63) is 35.2 Å². The van der Waals surface area contributed by atoms with Gasteiger partial charge in [0.2, 0.25) is 11.8 Å². The molecule has 2 heterocycles. The molecule has 1 aromatic heterocycles. The van der Waals surface area contributed by atoms with E-state index in [0.29, 0.717) is 37.9 Å². The van der Waals surface area contributed by atoms with Gasteiger partial charge in [-0.2, -0.15) is 0 Å². The number of hydrogen-bond acceptors (Lipinski definition) is 7. The molecule has 1 aliphatic rings. The summed E-state index contributed by atoms with van der Waals surface area (Å²) < 4.78 is 4.98. The lowest BCUT2D eigenvalue weighted by atomic mass is 10.1. The van der Waals surface area contributed by atoms with Gasteiger partial charge < -0.3 is 19.9 Å². The number of aryl methyl sites for hydroxylation is 1. The summed E-state index contributed by atoms with van der Waals surface area (Å²) in [5.74, 6) is 0.184. The molecule has 0 radical (unpaired) electrons. The highest BCUT2D eigenvalue weighted by molar-refractivity contribution is 8.00. The fourth-order valence-corrected chi connectivity index (χ4v) is 4.71. The molecule has 1 aromatic carbocycles. The third kappa shape index (κ3) is 6.44. The lowest BCUT2D eigenvalue weighted by molar-refractivity contribution is -0.129. The Bertz CT molecular complexity index is 911. The van der Waals surface area contributed by atoms with Crippen LogP contribution in [0.3, 0.4) is 0 Å². The molecule has 1 aliphatic heterocycles. The summed E-state index contributed by atoms with van der Waals surface area (Å²) in [4.78, 5) is 45.2. The number of ether oxygens (including phenoxy) is 1. The van der Waals surface area contributed by atoms with E-state index in [4.69, 9.17) is 4.74 Å². The standard InChI is InChI=1S/C21H26N4O4S2/c1-3-29-21(28)25-11-9-24(10-12-25)18(27)14-30-13-17(26)22-20-23-19(15(2)31-20)16-7-5-4-6-8-16/h4-8H,3,9-14H2,1-2H3,(H,22,23,26). The van der Waals surface area contributed by atoms with Gasteiger partial charge in [-0.1, -0.05) is 30.3 Å². The van der Waals surface area contributed by atoms with Gasteiger partial charge in [-0.25, -0.2) is 9.78 Å². The Morgan fingerprint density at radius 2 is 1.77 bits per heavy atom. The van der Waals surface area contributed by atoms with E-state index in [2.05, 4.69) is 10.3 Å². The van der Waals surface area contributed by atoms with Crippen molar-refractivity contribution in [3.63, 3.8) is 0 Å². The second kappa shape index (κ2) is 11.1. The largest absolute Gasteiger partial charge is 0.450 e. The van der Waals surface area contributed by atoms with Crippen LogP contribution in [0.25, 0.3) is 11.3 Å². The first kappa shape index (κ1) is 23.1. The SMILES string of the molecule is CCOC(=O)N1CCN(C(=O)CSCC(=O)Nc2nc(-c3ccccc3)c(C)s2)CC1. The van der Waals surface area contributed by atoms with Crippen molar-refractivity contribution < 1.29 is 19.1 Å². The number of thioether (sulfide) groups is 1. The molecule has 3 rings (SSSR count). The van der Waals surface area contributed by atoms with E-state index < -0.39 is 0 Å². The maximum atomic E-state index is 12.4. The Kier molecular flexibility index (Phi) is 8.30. The molecule has 1 N–H and O–H groups in total. The minimum Gasteiger partial charge on any atom is -0.450 e. The number of aromatic nitrogens is 1. The summed E-state index contributed by atoms with van der Waals surface area (Å²) in [7, 11) is 0. The number of carbonyl (C=O) groups excluding carboxylic acids is 3. The second-order valence-corrected chi connectivity index (χ2v) is 9.09. The zero-order chi connectivity index (χ0) is 22.2. The maximum Gasteiger partial charge on any atom is 0.409 e. The monoisotopic (exact) mass is 462 g/mol. The number of benzene rings is 1. The molecule has 8 nitrogen and oxygen atoms in total. The van der Waals surface area contributed by atoms with Gasteiger partial charge in [-0.05, 0) is 13.8 Å². The van der Waals surface area contributed by atoms with Gasteiger partial charge in [0.15, 0.2) is 5.13 Å². The molecular formula is C21H26N4O4S2. The Labute approximate surface area is 190 Å². The summed E-state index contributed by atoms with van der Waals surface area (Å²) in [6.45, 7) is 5.96. The van der Waals surface area contributed by atoms with Gasteiger partial charge in [0.05, 0.1) is 23.8 Å². The Balaban J connectivity index is 1.40. The average Bonchev–Trinajstić information content (AvgIpc) is 3.14. The number of nitrogens with one attached hydrogen (secondary N) is 1. The van der Waals surface area contributed by atoms with Crippen LogP contribution in [0.1, 0.15) is 11.8 Å². The smallest absolute Gasteiger partial charge is 0.409 e. The molecule has 0 unspecified atom stereocenters. The number of amides is 3. The van der Waals surface area contributed by atoms with Gasteiger partial charge in [-0.15, -0.1) is 23.1 Å². The van der Waals surface area contributed by atoms with Crippen molar-refractivity contribution in [2.75, 3.05) is 49.6 Å². The fourth-order valence-electron chi connectivity index (χ4n) is 3.14. The van der Waals surface area contributed by atoms with Crippen LogP contribution in [0.2, 0.25) is 0 Å². The van der Waals surface area contributed by atoms with Crippen LogP contribution in [0.15, 0.2) is 30.3 Å². The van der Waals surface area contributed by atoms with Gasteiger partial charge in [0.1, 0.15) is 0 Å². The first-order chi connectivity index (χ1) is 15.0. The Morgan fingerprint density at radius 3 is 2.45 bits per heavy atom. The van der Waals surface area contributed by atoms with E-state index in [1.807, 2.05) is 37.3 Å². The number of nitrogens with zero attached hydrogens (tertiary/aromatic N) is 3. The lowest BCUT2D eigenvalue weighted by Gasteiger charge is -2.34. The lowest BCUT2D eigenvalue weighted by Crippen LogP contribution is -2.51. The topological polar surface area (TPSA) is 91.8 Å². The van der Waals surface area contributed by atoms with Crippen LogP contribution >= 0.6 is 23.1 Å². The summed E-state index contributed by atoms with van der Waals surface area (Å²) >= 11 is 2.71. The predicted molar refractivity (Wildman–Crippen MR) is 123 cm³/mol. The van der Waals surface area contributed by atoms with Gasteiger partial charge in [-0.3, -0.25) is 9.59 Å². The van der Waals surface area contributed by atoms with Gasteiger partial charge in [0.25, 0.3) is 0 Å². The Morgan fingerprint density at radius 1 is 1.10 bits per heavy atom. The number of piperazine rings is 1. The summed E-state index contributed by atoms with van der Waals surface area (Å²) in [6, 6.07) is 9.84. The maximum absolute atomic E-state index is 12.4. The molecule has 0 aliphatic carbocycles. The number of hydrogen-bond donors (Lipinski definition) is 1. The minimum atomic E-state index is -0.339. The molecule has 3 amide bonds. The normalized spacial score (nSPS) is 13.7. The number of rotatable bonds is 7. The quantitative estimate of drug-likeness (QED) is 0.680. The van der Waals surface area contributed by atoms with Gasteiger partial charge in [0, 0.05) is 36.6 Å². The molecule has 0 saturated carbocycles. The first-order valence-electron chi connectivity index (χ1n) is 10.1. The first-order valence-corrected chi connectivity index (χ1v) is 12.0. The third-order valence-electron chi connectivity index (χ3n) is 4.71. The molecule has 2 aromatic rings. The summed E-state index contributed by atoms with van der Waals surface area (Å²) in [5, 5.41) is 3.38. The summed E-state index contributed by atoms with van der Waals surface area (Å²) in [6.07, 6.45) is -0.339. The van der Waals surface area contributed by atoms with Crippen molar-refractivity contribution in [1.82, 2.24) is 14.8 Å². The number of thiazole rings is 1. The van der Waals surface area contributed by atoms with E-state index in [1.54, 1.807) is 16.7 Å². The zero-order valence-electron chi connectivity index (χ0n) is 17.6. The van der Waals surface area contributed by atoms with Crippen molar-refractivity contribution in [1.29, 1.82) is 0 Å². The highest BCUT2D eigenvalue weighted by Crippen LogP contribution is 2.30. The van der Waals surface area contributed by atoms with E-state index in [9.17, 15) is 14.4 Å². The van der Waals surface area contributed by atoms with Crippen LogP contribution in [0.4, 0.5) is 9.93 Å². The van der Waals surface area contributed by atoms with E-state index >= 15 is 0 Å². The number of carbonyl (C=O) groups is 3. The zero-order valence-corrected chi connectivity index (χ0v) is 19.3. The van der Waals surface area contributed by atoms with E-state index in [0.717, 1.165) is 16.1 Å². The molecule has 10 heteroatoms. The second-order valence-electron chi connectivity index (χ2n) is 6.90. The molecule has 0 bridgehead atoms. The Hall–Kier alpha value is -2.59. The predicted octanol–water partition coefficient (Wildman–Crippen LogP) is 3.09. The molecule has 31 heavy (non-hydrogen) atoms. The van der Waals surface area contributed by atoms with E-state index in [1.165, 1.54) is 23.1 Å². The van der Waals surface area contributed by atoms with Crippen LogP contribution in [-0.2, 0) is 14.3 Å². The van der Waals surface area contributed by atoms with E-state index in [-0.39, 0.29) is 29.4 Å². The van der Waals surface area contributed by atoms with Crippen LogP contribution in [0, 0.1) is 6.92 Å².